The lowest BCUT2D eigenvalue weighted by Crippen LogP contribution is -2.14. The van der Waals surface area contributed by atoms with Crippen LogP contribution in [-0.2, 0) is 9.32 Å². The first-order valence-electron chi connectivity index (χ1n) is 7.14. The molecular weight excluding hydrogens is 243 g/mol. The number of carbonyl (C=O) groups excluding carboxylic acids is 1. The van der Waals surface area contributed by atoms with E-state index in [1.54, 1.807) is 0 Å². The molecule has 2 nitrogen and oxygen atoms in total. The minimum Gasteiger partial charge on any atom is -0.362 e. The third kappa shape index (κ3) is 5.98. The zero-order valence-corrected chi connectivity index (χ0v) is 12.4. The Kier molecular flexibility index (Phi) is 8.31. The molecule has 0 N–H and O–H groups in total. The fraction of sp³-hybridized carbons (Fsp3) is 0.800. The fourth-order valence-corrected chi connectivity index (χ4v) is 2.96. The van der Waals surface area contributed by atoms with Crippen molar-refractivity contribution in [3.8, 4) is 12.3 Å². The average Bonchev–Trinajstić information content (AvgIpc) is 2.38. The molecule has 0 amide bonds. The quantitative estimate of drug-likeness (QED) is 0.431. The van der Waals surface area contributed by atoms with E-state index in [1.165, 1.54) is 25.7 Å². The molecule has 0 radical (unpaired) electrons. The van der Waals surface area contributed by atoms with Crippen molar-refractivity contribution in [2.75, 3.05) is 0 Å². The highest BCUT2D eigenvalue weighted by Gasteiger charge is 2.17. The normalized spacial score (nSPS) is 27.6. The highest BCUT2D eigenvalue weighted by Crippen LogP contribution is 2.23. The predicted molar refractivity (Wildman–Crippen MR) is 78.1 cm³/mol. The van der Waals surface area contributed by atoms with E-state index in [4.69, 9.17) is 10.9 Å². The van der Waals surface area contributed by atoms with Gasteiger partial charge in [-0.3, -0.25) is 4.79 Å². The van der Waals surface area contributed by atoms with Gasteiger partial charge < -0.3 is 4.52 Å². The number of terminal acetylenes is 1. The molecule has 0 saturated heterocycles. The molecule has 0 heterocycles. The summed E-state index contributed by atoms with van der Waals surface area (Å²) in [5, 5.41) is 0. The van der Waals surface area contributed by atoms with Gasteiger partial charge in [0, 0.05) is 15.4 Å². The molecule has 1 atom stereocenters. The highest BCUT2D eigenvalue weighted by molar-refractivity contribution is 7.09. The summed E-state index contributed by atoms with van der Waals surface area (Å²) in [5.41, 5.74) is 0. The number of Topliss-reactive ketones (excluding diaryl/α,β-unsaturated/α-hetero) is 1. The van der Waals surface area contributed by atoms with E-state index in [-0.39, 0.29) is 11.7 Å². The Hall–Kier alpha value is -0.380. The van der Waals surface area contributed by atoms with E-state index in [0.717, 1.165) is 38.5 Å². The number of hydrogen-bond donors (Lipinski definition) is 0. The van der Waals surface area contributed by atoms with Crippen LogP contribution >= 0.6 is 9.47 Å². The van der Waals surface area contributed by atoms with Gasteiger partial charge in [-0.25, -0.2) is 0 Å². The standard InChI is InChI=1S/C15H25O2P/c1-2-15(16)13-9-5-3-7-11-14(17-18)12-8-4-6-10-13/h1,13-14H,3-12,18H2. The van der Waals surface area contributed by atoms with Gasteiger partial charge in [-0.05, 0) is 31.6 Å². The lowest BCUT2D eigenvalue weighted by atomic mass is 9.90. The summed E-state index contributed by atoms with van der Waals surface area (Å²) in [6.07, 6.45) is 16.8. The minimum absolute atomic E-state index is 0.0122. The summed E-state index contributed by atoms with van der Waals surface area (Å²) in [4.78, 5) is 11.6. The maximum Gasteiger partial charge on any atom is 0.208 e. The van der Waals surface area contributed by atoms with E-state index < -0.39 is 0 Å². The highest BCUT2D eigenvalue weighted by atomic mass is 31.0. The third-order valence-corrected chi connectivity index (χ3v) is 4.25. The van der Waals surface area contributed by atoms with Crippen LogP contribution in [0.5, 0.6) is 0 Å². The molecule has 0 aromatic heterocycles. The lowest BCUT2D eigenvalue weighted by Gasteiger charge is -2.18. The first-order valence-corrected chi connectivity index (χ1v) is 7.61. The van der Waals surface area contributed by atoms with Gasteiger partial charge in [0.25, 0.3) is 0 Å². The van der Waals surface area contributed by atoms with Crippen molar-refractivity contribution in [3.63, 3.8) is 0 Å². The minimum atomic E-state index is 0.0122. The van der Waals surface area contributed by atoms with Crippen LogP contribution in [0.25, 0.3) is 0 Å². The van der Waals surface area contributed by atoms with Crippen molar-refractivity contribution in [2.45, 2.75) is 70.3 Å². The summed E-state index contributed by atoms with van der Waals surface area (Å²) in [6.45, 7) is 0. The van der Waals surface area contributed by atoms with Crippen molar-refractivity contribution in [3.05, 3.63) is 0 Å². The SMILES string of the molecule is C#CC(=O)C1CCCCCC(OP)CCCCC1. The number of hydrogen-bond acceptors (Lipinski definition) is 2. The maximum atomic E-state index is 11.6. The van der Waals surface area contributed by atoms with E-state index in [0.29, 0.717) is 6.10 Å². The first-order chi connectivity index (χ1) is 8.77. The van der Waals surface area contributed by atoms with Gasteiger partial charge in [-0.1, -0.05) is 38.5 Å². The second-order valence-corrected chi connectivity index (χ2v) is 5.51. The molecular formula is C15H25O2P. The Bertz CT molecular complexity index is 269. The van der Waals surface area contributed by atoms with Crippen LogP contribution in [0.2, 0.25) is 0 Å². The Morgan fingerprint density at radius 1 is 1.00 bits per heavy atom. The summed E-state index contributed by atoms with van der Waals surface area (Å²) >= 11 is 0. The van der Waals surface area contributed by atoms with Gasteiger partial charge >= 0.3 is 0 Å². The Labute approximate surface area is 114 Å². The summed E-state index contributed by atoms with van der Waals surface area (Å²) < 4.78 is 5.41. The molecule has 1 saturated carbocycles. The van der Waals surface area contributed by atoms with Crippen molar-refractivity contribution >= 4 is 15.2 Å². The zero-order chi connectivity index (χ0) is 13.2. The molecule has 1 aliphatic carbocycles. The van der Waals surface area contributed by atoms with Crippen molar-refractivity contribution in [2.24, 2.45) is 5.92 Å². The monoisotopic (exact) mass is 268 g/mol. The van der Waals surface area contributed by atoms with Gasteiger partial charge in [-0.15, -0.1) is 6.42 Å². The average molecular weight is 268 g/mol. The van der Waals surface area contributed by atoms with Crippen molar-refractivity contribution in [1.29, 1.82) is 0 Å². The molecule has 102 valence electrons. The molecule has 1 unspecified atom stereocenters. The second-order valence-electron chi connectivity index (χ2n) is 5.24. The van der Waals surface area contributed by atoms with Crippen LogP contribution in [0.1, 0.15) is 64.2 Å². The topological polar surface area (TPSA) is 26.3 Å². The van der Waals surface area contributed by atoms with Crippen LogP contribution in [0, 0.1) is 18.3 Å². The molecule has 3 heteroatoms. The smallest absolute Gasteiger partial charge is 0.208 e. The largest absolute Gasteiger partial charge is 0.362 e. The van der Waals surface area contributed by atoms with Crippen molar-refractivity contribution in [1.82, 2.24) is 0 Å². The molecule has 18 heavy (non-hydrogen) atoms. The molecule has 1 rings (SSSR count). The number of ketones is 1. The maximum absolute atomic E-state index is 11.6. The molecule has 0 bridgehead atoms. The van der Waals surface area contributed by atoms with Gasteiger partial charge in [0.1, 0.15) is 0 Å². The zero-order valence-electron chi connectivity index (χ0n) is 11.2. The van der Waals surface area contributed by atoms with E-state index in [2.05, 4.69) is 15.4 Å². The van der Waals surface area contributed by atoms with E-state index in [1.807, 2.05) is 0 Å². The second kappa shape index (κ2) is 9.54. The van der Waals surface area contributed by atoms with Gasteiger partial charge in [0.05, 0.1) is 6.10 Å². The van der Waals surface area contributed by atoms with Crippen LogP contribution in [0.3, 0.4) is 0 Å². The van der Waals surface area contributed by atoms with Crippen LogP contribution in [-0.4, -0.2) is 11.9 Å². The molecule has 0 spiro atoms. The lowest BCUT2D eigenvalue weighted by molar-refractivity contribution is -0.117. The number of carbonyl (C=O) groups is 1. The van der Waals surface area contributed by atoms with Crippen LogP contribution in [0.15, 0.2) is 0 Å². The van der Waals surface area contributed by atoms with Crippen LogP contribution < -0.4 is 0 Å². The number of rotatable bonds is 2. The summed E-state index contributed by atoms with van der Waals surface area (Å²) in [5.74, 6) is 2.43. The molecule has 0 aromatic carbocycles. The summed E-state index contributed by atoms with van der Waals surface area (Å²) in [6, 6.07) is 0. The fourth-order valence-electron chi connectivity index (χ4n) is 2.68. The summed E-state index contributed by atoms with van der Waals surface area (Å²) in [7, 11) is 2.40. The van der Waals surface area contributed by atoms with Gasteiger partial charge in [-0.2, -0.15) is 0 Å². The Morgan fingerprint density at radius 3 is 1.94 bits per heavy atom. The molecule has 1 fully saturated rings. The Balaban J connectivity index is 2.41. The Morgan fingerprint density at radius 2 is 1.50 bits per heavy atom. The third-order valence-electron chi connectivity index (χ3n) is 3.86. The van der Waals surface area contributed by atoms with Gasteiger partial charge in [0.2, 0.25) is 5.78 Å². The molecule has 1 aliphatic rings. The van der Waals surface area contributed by atoms with Crippen LogP contribution in [0.4, 0.5) is 0 Å². The molecule has 0 aliphatic heterocycles. The molecule has 0 aromatic rings. The van der Waals surface area contributed by atoms with E-state index in [9.17, 15) is 4.79 Å². The van der Waals surface area contributed by atoms with Crippen molar-refractivity contribution < 1.29 is 9.32 Å². The van der Waals surface area contributed by atoms with Gasteiger partial charge in [0.15, 0.2) is 0 Å². The van der Waals surface area contributed by atoms with E-state index >= 15 is 0 Å². The predicted octanol–water partition coefficient (Wildman–Crippen LogP) is 3.89. The first kappa shape index (κ1) is 15.7.